The first-order valence-electron chi connectivity index (χ1n) is 4.54. The van der Waals surface area contributed by atoms with E-state index in [0.29, 0.717) is 12.2 Å². The van der Waals surface area contributed by atoms with Crippen molar-refractivity contribution in [2.75, 3.05) is 0 Å². The molecule has 0 aromatic heterocycles. The van der Waals surface area contributed by atoms with E-state index in [9.17, 15) is 9.90 Å². The Morgan fingerprint density at radius 1 is 1.31 bits per heavy atom. The van der Waals surface area contributed by atoms with Crippen molar-refractivity contribution in [3.8, 4) is 5.75 Å². The normalized spacial score (nSPS) is 15.6. The van der Waals surface area contributed by atoms with Crippen LogP contribution in [-0.2, 0) is 6.42 Å². The van der Waals surface area contributed by atoms with Crippen molar-refractivity contribution in [1.82, 2.24) is 0 Å². The highest BCUT2D eigenvalue weighted by molar-refractivity contribution is 5.98. The molecule has 1 aromatic carbocycles. The Hall–Kier alpha value is -1.31. The first-order valence-corrected chi connectivity index (χ1v) is 4.54. The van der Waals surface area contributed by atoms with Crippen LogP contribution in [0.25, 0.3) is 0 Å². The van der Waals surface area contributed by atoms with Crippen LogP contribution in [0.2, 0.25) is 0 Å². The molecule has 0 unspecified atom stereocenters. The zero-order valence-corrected chi connectivity index (χ0v) is 7.63. The molecule has 0 bridgehead atoms. The maximum absolute atomic E-state index is 11.5. The molecule has 2 rings (SSSR count). The highest BCUT2D eigenvalue weighted by Gasteiger charge is 2.18. The SMILES string of the molecule is Cc1cc2c(cc1O)CCCC2=O. The first kappa shape index (κ1) is 8.30. The second kappa shape index (κ2) is 2.87. The predicted octanol–water partition coefficient (Wildman–Crippen LogP) is 2.22. The molecule has 0 radical (unpaired) electrons. The average molecular weight is 176 g/mol. The number of rotatable bonds is 0. The molecule has 1 N–H and O–H groups in total. The monoisotopic (exact) mass is 176 g/mol. The summed E-state index contributed by atoms with van der Waals surface area (Å²) in [5.74, 6) is 0.512. The van der Waals surface area contributed by atoms with E-state index in [4.69, 9.17) is 0 Å². The van der Waals surface area contributed by atoms with Crippen LogP contribution >= 0.6 is 0 Å². The third-order valence-electron chi connectivity index (χ3n) is 2.57. The molecule has 1 aliphatic rings. The van der Waals surface area contributed by atoms with Gasteiger partial charge in [0.15, 0.2) is 5.78 Å². The minimum absolute atomic E-state index is 0.212. The van der Waals surface area contributed by atoms with E-state index in [2.05, 4.69) is 0 Å². The van der Waals surface area contributed by atoms with E-state index < -0.39 is 0 Å². The molecule has 0 saturated carbocycles. The molecule has 1 aromatic rings. The fraction of sp³-hybridized carbons (Fsp3) is 0.364. The lowest BCUT2D eigenvalue weighted by atomic mass is 9.89. The second-order valence-corrected chi connectivity index (χ2v) is 3.57. The highest BCUT2D eigenvalue weighted by atomic mass is 16.3. The summed E-state index contributed by atoms with van der Waals surface area (Å²) in [7, 11) is 0. The summed E-state index contributed by atoms with van der Waals surface area (Å²) in [5.41, 5.74) is 2.59. The standard InChI is InChI=1S/C11H12O2/c1-7-5-9-8(6-11(7)13)3-2-4-10(9)12/h5-6,13H,2-4H2,1H3. The number of Topliss-reactive ketones (excluding diaryl/α,β-unsaturated/α-hetero) is 1. The van der Waals surface area contributed by atoms with Crippen molar-refractivity contribution < 1.29 is 9.90 Å². The summed E-state index contributed by atoms with van der Waals surface area (Å²) in [6.45, 7) is 1.82. The van der Waals surface area contributed by atoms with E-state index in [0.717, 1.165) is 29.5 Å². The molecule has 0 spiro atoms. The number of carbonyl (C=O) groups excluding carboxylic acids is 1. The predicted molar refractivity (Wildman–Crippen MR) is 50.1 cm³/mol. The van der Waals surface area contributed by atoms with Gasteiger partial charge in [0.05, 0.1) is 0 Å². The largest absolute Gasteiger partial charge is 0.508 e. The molecule has 0 atom stereocenters. The fourth-order valence-corrected chi connectivity index (χ4v) is 1.78. The van der Waals surface area contributed by atoms with Crippen molar-refractivity contribution in [2.45, 2.75) is 26.2 Å². The van der Waals surface area contributed by atoms with Gasteiger partial charge in [0.1, 0.15) is 5.75 Å². The number of fused-ring (bicyclic) bond motifs is 1. The molecule has 1 aliphatic carbocycles. The lowest BCUT2D eigenvalue weighted by molar-refractivity contribution is 0.0972. The Labute approximate surface area is 77.2 Å². The van der Waals surface area contributed by atoms with Gasteiger partial charge in [-0.1, -0.05) is 0 Å². The van der Waals surface area contributed by atoms with Gasteiger partial charge in [0, 0.05) is 12.0 Å². The number of ketones is 1. The molecule has 2 heteroatoms. The quantitative estimate of drug-likeness (QED) is 0.658. The van der Waals surface area contributed by atoms with Crippen molar-refractivity contribution in [3.05, 3.63) is 28.8 Å². The Balaban J connectivity index is 2.58. The van der Waals surface area contributed by atoms with E-state index in [1.54, 1.807) is 12.1 Å². The number of hydrogen-bond acceptors (Lipinski definition) is 2. The van der Waals surface area contributed by atoms with Gasteiger partial charge < -0.3 is 5.11 Å². The van der Waals surface area contributed by atoms with Gasteiger partial charge in [0.25, 0.3) is 0 Å². The molecule has 0 aliphatic heterocycles. The highest BCUT2D eigenvalue weighted by Crippen LogP contribution is 2.27. The van der Waals surface area contributed by atoms with Gasteiger partial charge in [-0.05, 0) is 43.0 Å². The lowest BCUT2D eigenvalue weighted by Crippen LogP contribution is -2.10. The van der Waals surface area contributed by atoms with Crippen LogP contribution in [0.4, 0.5) is 0 Å². The molecule has 0 amide bonds. The number of hydrogen-bond donors (Lipinski definition) is 1. The van der Waals surface area contributed by atoms with Gasteiger partial charge >= 0.3 is 0 Å². The molecule has 13 heavy (non-hydrogen) atoms. The van der Waals surface area contributed by atoms with Crippen molar-refractivity contribution in [1.29, 1.82) is 0 Å². The van der Waals surface area contributed by atoms with Crippen LogP contribution < -0.4 is 0 Å². The van der Waals surface area contributed by atoms with Gasteiger partial charge in [-0.2, -0.15) is 0 Å². The Morgan fingerprint density at radius 3 is 2.85 bits per heavy atom. The van der Waals surface area contributed by atoms with Crippen molar-refractivity contribution in [3.63, 3.8) is 0 Å². The number of carbonyl (C=O) groups is 1. The zero-order chi connectivity index (χ0) is 9.42. The summed E-state index contributed by atoms with van der Waals surface area (Å²) in [5, 5.41) is 9.45. The minimum atomic E-state index is 0.212. The van der Waals surface area contributed by atoms with Crippen LogP contribution in [0, 0.1) is 6.92 Å². The maximum Gasteiger partial charge on any atom is 0.163 e. The summed E-state index contributed by atoms with van der Waals surface area (Å²) in [6, 6.07) is 3.52. The summed E-state index contributed by atoms with van der Waals surface area (Å²) in [4.78, 5) is 11.5. The van der Waals surface area contributed by atoms with Crippen LogP contribution in [0.5, 0.6) is 5.75 Å². The van der Waals surface area contributed by atoms with Gasteiger partial charge in [-0.25, -0.2) is 0 Å². The third-order valence-corrected chi connectivity index (χ3v) is 2.57. The van der Waals surface area contributed by atoms with Gasteiger partial charge in [-0.3, -0.25) is 4.79 Å². The fourth-order valence-electron chi connectivity index (χ4n) is 1.78. The Bertz CT molecular complexity index is 367. The van der Waals surface area contributed by atoms with E-state index in [1.165, 1.54) is 0 Å². The topological polar surface area (TPSA) is 37.3 Å². The van der Waals surface area contributed by atoms with Crippen molar-refractivity contribution >= 4 is 5.78 Å². The molecule has 0 fully saturated rings. The smallest absolute Gasteiger partial charge is 0.163 e. The third kappa shape index (κ3) is 1.32. The maximum atomic E-state index is 11.5. The van der Waals surface area contributed by atoms with E-state index in [-0.39, 0.29) is 5.78 Å². The first-order chi connectivity index (χ1) is 6.18. The number of aryl methyl sites for hydroxylation is 2. The Kier molecular flexibility index (Phi) is 1.83. The van der Waals surface area contributed by atoms with Gasteiger partial charge in [-0.15, -0.1) is 0 Å². The average Bonchev–Trinajstić information content (AvgIpc) is 2.09. The van der Waals surface area contributed by atoms with Crippen LogP contribution in [0.1, 0.15) is 34.3 Å². The Morgan fingerprint density at radius 2 is 2.08 bits per heavy atom. The number of benzene rings is 1. The van der Waals surface area contributed by atoms with Crippen LogP contribution in [-0.4, -0.2) is 10.9 Å². The molecular formula is C11H12O2. The number of phenols is 1. The molecule has 0 saturated heterocycles. The van der Waals surface area contributed by atoms with E-state index >= 15 is 0 Å². The number of phenolic OH excluding ortho intramolecular Hbond substituents is 1. The summed E-state index contributed by atoms with van der Waals surface area (Å²) in [6.07, 6.45) is 2.47. The molecule has 0 heterocycles. The summed E-state index contributed by atoms with van der Waals surface area (Å²) < 4.78 is 0. The summed E-state index contributed by atoms with van der Waals surface area (Å²) >= 11 is 0. The van der Waals surface area contributed by atoms with Crippen LogP contribution in [0.15, 0.2) is 12.1 Å². The van der Waals surface area contributed by atoms with Crippen LogP contribution in [0.3, 0.4) is 0 Å². The second-order valence-electron chi connectivity index (χ2n) is 3.57. The molecule has 2 nitrogen and oxygen atoms in total. The molecular weight excluding hydrogens is 164 g/mol. The van der Waals surface area contributed by atoms with Crippen molar-refractivity contribution in [2.24, 2.45) is 0 Å². The van der Waals surface area contributed by atoms with Gasteiger partial charge in [0.2, 0.25) is 0 Å². The molecule has 68 valence electrons. The van der Waals surface area contributed by atoms with E-state index in [1.807, 2.05) is 6.92 Å². The zero-order valence-electron chi connectivity index (χ0n) is 7.63. The lowest BCUT2D eigenvalue weighted by Gasteiger charge is -2.15. The number of aromatic hydroxyl groups is 1. The minimum Gasteiger partial charge on any atom is -0.508 e.